The average molecular weight is 473 g/mol. The third-order valence-corrected chi connectivity index (χ3v) is 6.07. The van der Waals surface area contributed by atoms with Crippen LogP contribution in [0.4, 0.5) is 0 Å². The summed E-state index contributed by atoms with van der Waals surface area (Å²) in [4.78, 5) is 29.0. The van der Waals surface area contributed by atoms with Crippen LogP contribution in [0.1, 0.15) is 36.1 Å². The van der Waals surface area contributed by atoms with E-state index in [0.717, 1.165) is 28.0 Å². The Morgan fingerprint density at radius 2 is 1.54 bits per heavy atom. The molecule has 3 aromatic carbocycles. The minimum absolute atomic E-state index is 0.0842. The highest BCUT2D eigenvalue weighted by Gasteiger charge is 2.30. The van der Waals surface area contributed by atoms with Crippen molar-refractivity contribution in [1.29, 1.82) is 0 Å². The van der Waals surface area contributed by atoms with Crippen LogP contribution < -0.4 is 10.1 Å². The molecule has 184 valence electrons. The van der Waals surface area contributed by atoms with Crippen molar-refractivity contribution >= 4 is 11.8 Å². The minimum Gasteiger partial charge on any atom is -0.497 e. The number of carbonyl (C=O) groups is 2. The number of benzene rings is 3. The van der Waals surface area contributed by atoms with E-state index < -0.39 is 6.04 Å². The van der Waals surface area contributed by atoms with Gasteiger partial charge in [-0.15, -0.1) is 0 Å². The second kappa shape index (κ2) is 12.7. The first-order valence-electron chi connectivity index (χ1n) is 12.2. The van der Waals surface area contributed by atoms with Gasteiger partial charge in [-0.25, -0.2) is 0 Å². The summed E-state index contributed by atoms with van der Waals surface area (Å²) in [5, 5.41) is 3.07. The van der Waals surface area contributed by atoms with Crippen molar-refractivity contribution in [2.75, 3.05) is 13.7 Å². The van der Waals surface area contributed by atoms with Gasteiger partial charge >= 0.3 is 0 Å². The molecule has 3 rings (SSSR count). The van der Waals surface area contributed by atoms with Crippen LogP contribution in [0, 0.1) is 12.8 Å². The molecular weight excluding hydrogens is 436 g/mol. The predicted molar refractivity (Wildman–Crippen MR) is 140 cm³/mol. The lowest BCUT2D eigenvalue weighted by molar-refractivity contribution is -0.140. The molecule has 0 aliphatic carbocycles. The van der Waals surface area contributed by atoms with Crippen molar-refractivity contribution in [2.45, 2.75) is 46.2 Å². The second-order valence-electron chi connectivity index (χ2n) is 9.32. The Kier molecular flexibility index (Phi) is 9.47. The average Bonchev–Trinajstić information content (AvgIpc) is 2.86. The maximum atomic E-state index is 13.8. The molecule has 0 radical (unpaired) electrons. The zero-order valence-electron chi connectivity index (χ0n) is 21.2. The zero-order chi connectivity index (χ0) is 25.2. The van der Waals surface area contributed by atoms with Gasteiger partial charge < -0.3 is 15.0 Å². The van der Waals surface area contributed by atoms with Crippen LogP contribution in [0.2, 0.25) is 0 Å². The van der Waals surface area contributed by atoms with Crippen LogP contribution in [-0.4, -0.2) is 36.4 Å². The van der Waals surface area contributed by atoms with E-state index >= 15 is 0 Å². The molecule has 0 unspecified atom stereocenters. The zero-order valence-corrected chi connectivity index (χ0v) is 21.2. The number of hydrogen-bond donors (Lipinski definition) is 1. The Balaban J connectivity index is 1.95. The van der Waals surface area contributed by atoms with Crippen LogP contribution >= 0.6 is 0 Å². The number of hydrogen-bond acceptors (Lipinski definition) is 3. The van der Waals surface area contributed by atoms with Crippen LogP contribution in [-0.2, 0) is 29.0 Å². The van der Waals surface area contributed by atoms with Crippen LogP contribution in [0.3, 0.4) is 0 Å². The van der Waals surface area contributed by atoms with Gasteiger partial charge in [-0.2, -0.15) is 0 Å². The summed E-state index contributed by atoms with van der Waals surface area (Å²) in [5.41, 5.74) is 4.02. The highest BCUT2D eigenvalue weighted by Crippen LogP contribution is 2.19. The van der Waals surface area contributed by atoms with E-state index in [1.165, 1.54) is 0 Å². The number of aryl methyl sites for hydroxylation is 1. The summed E-state index contributed by atoms with van der Waals surface area (Å²) in [5.74, 6) is 0.849. The maximum absolute atomic E-state index is 13.8. The van der Waals surface area contributed by atoms with Crippen molar-refractivity contribution in [3.63, 3.8) is 0 Å². The topological polar surface area (TPSA) is 58.6 Å². The van der Waals surface area contributed by atoms with Crippen molar-refractivity contribution in [3.05, 3.63) is 101 Å². The standard InChI is InChI=1S/C30H36N2O3/c1-22(2)20-31-30(34)28(18-24-11-6-5-7-12-24)32(21-26-13-9-8-10-23(26)3)29(33)19-25-14-16-27(35-4)17-15-25/h5-17,22,28H,18-21H2,1-4H3,(H,31,34)/t28-/m1/s1. The smallest absolute Gasteiger partial charge is 0.243 e. The number of ether oxygens (including phenoxy) is 1. The first kappa shape index (κ1) is 26.0. The Labute approximate surface area is 209 Å². The highest BCUT2D eigenvalue weighted by molar-refractivity contribution is 5.88. The summed E-state index contributed by atoms with van der Waals surface area (Å²) in [6.07, 6.45) is 0.656. The molecular formula is C30H36N2O3. The molecule has 5 nitrogen and oxygen atoms in total. The molecule has 0 aliphatic heterocycles. The lowest BCUT2D eigenvalue weighted by atomic mass is 10.00. The monoisotopic (exact) mass is 472 g/mol. The molecule has 1 N–H and O–H groups in total. The van der Waals surface area contributed by atoms with Crippen molar-refractivity contribution in [3.8, 4) is 5.75 Å². The van der Waals surface area contributed by atoms with E-state index in [-0.39, 0.29) is 18.2 Å². The molecule has 35 heavy (non-hydrogen) atoms. The largest absolute Gasteiger partial charge is 0.497 e. The molecule has 2 amide bonds. The fraction of sp³-hybridized carbons (Fsp3) is 0.333. The maximum Gasteiger partial charge on any atom is 0.243 e. The van der Waals surface area contributed by atoms with Gasteiger partial charge in [-0.3, -0.25) is 9.59 Å². The van der Waals surface area contributed by atoms with E-state index in [9.17, 15) is 9.59 Å². The Morgan fingerprint density at radius 3 is 2.17 bits per heavy atom. The molecule has 0 saturated carbocycles. The molecule has 3 aromatic rings. The van der Waals surface area contributed by atoms with Gasteiger partial charge in [0.2, 0.25) is 11.8 Å². The van der Waals surface area contributed by atoms with Gasteiger partial charge in [-0.1, -0.05) is 80.6 Å². The molecule has 0 saturated heterocycles. The molecule has 0 fully saturated rings. The number of rotatable bonds is 11. The summed E-state index contributed by atoms with van der Waals surface area (Å²) in [7, 11) is 1.62. The number of methoxy groups -OCH3 is 1. The SMILES string of the molecule is COc1ccc(CC(=O)N(Cc2ccccc2C)[C@H](Cc2ccccc2)C(=O)NCC(C)C)cc1. The quantitative estimate of drug-likeness (QED) is 0.429. The number of nitrogens with one attached hydrogen (secondary N) is 1. The lowest BCUT2D eigenvalue weighted by Gasteiger charge is -2.32. The van der Waals surface area contributed by atoms with Gasteiger partial charge in [0.15, 0.2) is 0 Å². The van der Waals surface area contributed by atoms with E-state index in [4.69, 9.17) is 4.74 Å². The van der Waals surface area contributed by atoms with Gasteiger partial charge in [0.1, 0.15) is 11.8 Å². The number of carbonyl (C=O) groups excluding carboxylic acids is 2. The summed E-state index contributed by atoms with van der Waals surface area (Å²) in [6, 6.07) is 24.8. The lowest BCUT2D eigenvalue weighted by Crippen LogP contribution is -2.51. The highest BCUT2D eigenvalue weighted by atomic mass is 16.5. The molecule has 0 spiro atoms. The fourth-order valence-corrected chi connectivity index (χ4v) is 3.97. The third kappa shape index (κ3) is 7.71. The van der Waals surface area contributed by atoms with Gasteiger partial charge in [0.05, 0.1) is 13.5 Å². The van der Waals surface area contributed by atoms with E-state index in [1.54, 1.807) is 12.0 Å². The fourth-order valence-electron chi connectivity index (χ4n) is 3.97. The molecule has 5 heteroatoms. The first-order chi connectivity index (χ1) is 16.9. The van der Waals surface area contributed by atoms with Crippen molar-refractivity contribution in [1.82, 2.24) is 10.2 Å². The molecule has 0 bridgehead atoms. The van der Waals surface area contributed by atoms with E-state index in [1.807, 2.05) is 85.8 Å². The van der Waals surface area contributed by atoms with Crippen LogP contribution in [0.5, 0.6) is 5.75 Å². The van der Waals surface area contributed by atoms with Crippen LogP contribution in [0.15, 0.2) is 78.9 Å². The second-order valence-corrected chi connectivity index (χ2v) is 9.32. The number of nitrogens with zero attached hydrogens (tertiary/aromatic N) is 1. The Morgan fingerprint density at radius 1 is 0.886 bits per heavy atom. The van der Waals surface area contributed by atoms with Crippen LogP contribution in [0.25, 0.3) is 0 Å². The molecule has 0 aliphatic rings. The Bertz CT molecular complexity index is 1090. The first-order valence-corrected chi connectivity index (χ1v) is 12.2. The van der Waals surface area contributed by atoms with Gasteiger partial charge in [0.25, 0.3) is 0 Å². The Hall–Kier alpha value is -3.60. The minimum atomic E-state index is -0.624. The van der Waals surface area contributed by atoms with Gasteiger partial charge in [0, 0.05) is 19.5 Å². The number of amides is 2. The third-order valence-electron chi connectivity index (χ3n) is 6.07. The summed E-state index contributed by atoms with van der Waals surface area (Å²) >= 11 is 0. The van der Waals surface area contributed by atoms with E-state index in [0.29, 0.717) is 25.4 Å². The van der Waals surface area contributed by atoms with Crippen molar-refractivity contribution < 1.29 is 14.3 Å². The molecule has 0 heterocycles. The molecule has 1 atom stereocenters. The van der Waals surface area contributed by atoms with Gasteiger partial charge in [-0.05, 0) is 47.2 Å². The molecule has 0 aromatic heterocycles. The summed E-state index contributed by atoms with van der Waals surface area (Å²) < 4.78 is 5.25. The summed E-state index contributed by atoms with van der Waals surface area (Å²) in [6.45, 7) is 7.09. The predicted octanol–water partition coefficient (Wildman–Crippen LogP) is 4.96. The van der Waals surface area contributed by atoms with E-state index in [2.05, 4.69) is 19.2 Å². The normalized spacial score (nSPS) is 11.7. The van der Waals surface area contributed by atoms with Crippen molar-refractivity contribution in [2.24, 2.45) is 5.92 Å².